The number of thioether (sulfide) groups is 1. The number of amides is 1. The molecule has 0 N–H and O–H groups in total. The Morgan fingerprint density at radius 2 is 1.91 bits per heavy atom. The van der Waals surface area contributed by atoms with E-state index in [2.05, 4.69) is 16.1 Å². The number of thiazole rings is 1. The molecule has 122 valence electrons. The Morgan fingerprint density at radius 1 is 1.26 bits per heavy atom. The van der Waals surface area contributed by atoms with Gasteiger partial charge in [-0.25, -0.2) is 4.98 Å². The van der Waals surface area contributed by atoms with E-state index in [9.17, 15) is 4.79 Å². The molecule has 23 heavy (non-hydrogen) atoms. The average molecular weight is 348 g/mol. The zero-order valence-electron chi connectivity index (χ0n) is 13.4. The molecule has 2 aromatic rings. The SMILES string of the molecule is CSC1C[C@H]2CC[C@@H](C1)N2C(=O)c1sc(-n2cccc2)nc1C. The van der Waals surface area contributed by atoms with Gasteiger partial charge in [0.1, 0.15) is 4.88 Å². The Balaban J connectivity index is 1.61. The molecule has 2 aliphatic heterocycles. The second-order valence-electron chi connectivity index (χ2n) is 6.43. The van der Waals surface area contributed by atoms with Crippen LogP contribution in [0.3, 0.4) is 0 Å². The third-order valence-electron chi connectivity index (χ3n) is 5.06. The minimum absolute atomic E-state index is 0.199. The molecule has 2 bridgehead atoms. The fourth-order valence-corrected chi connectivity index (χ4v) is 5.73. The second kappa shape index (κ2) is 5.98. The van der Waals surface area contributed by atoms with Gasteiger partial charge in [-0.3, -0.25) is 4.79 Å². The van der Waals surface area contributed by atoms with E-state index in [0.717, 1.165) is 46.6 Å². The quantitative estimate of drug-likeness (QED) is 0.849. The van der Waals surface area contributed by atoms with Gasteiger partial charge in [-0.1, -0.05) is 11.3 Å². The van der Waals surface area contributed by atoms with Crippen molar-refractivity contribution in [3.8, 4) is 5.13 Å². The van der Waals surface area contributed by atoms with Crippen LogP contribution in [0.2, 0.25) is 0 Å². The third kappa shape index (κ3) is 2.62. The number of carbonyl (C=O) groups is 1. The summed E-state index contributed by atoms with van der Waals surface area (Å²) in [6, 6.07) is 4.81. The number of hydrogen-bond acceptors (Lipinski definition) is 4. The predicted octanol–water partition coefficient (Wildman–Crippen LogP) is 3.74. The van der Waals surface area contributed by atoms with Gasteiger partial charge in [-0.15, -0.1) is 0 Å². The summed E-state index contributed by atoms with van der Waals surface area (Å²) in [5, 5.41) is 1.59. The van der Waals surface area contributed by atoms with Crippen molar-refractivity contribution in [2.24, 2.45) is 0 Å². The molecule has 0 spiro atoms. The van der Waals surface area contributed by atoms with Gasteiger partial charge in [0.05, 0.1) is 5.69 Å². The molecule has 0 radical (unpaired) electrons. The van der Waals surface area contributed by atoms with Gasteiger partial charge in [0.2, 0.25) is 0 Å². The van der Waals surface area contributed by atoms with Gasteiger partial charge in [-0.2, -0.15) is 11.8 Å². The van der Waals surface area contributed by atoms with Gasteiger partial charge in [0.25, 0.3) is 5.91 Å². The van der Waals surface area contributed by atoms with Crippen molar-refractivity contribution in [2.75, 3.05) is 6.26 Å². The summed E-state index contributed by atoms with van der Waals surface area (Å²) in [6.45, 7) is 1.95. The summed E-state index contributed by atoms with van der Waals surface area (Å²) in [4.78, 5) is 20.7. The smallest absolute Gasteiger partial charge is 0.266 e. The number of aryl methyl sites for hydroxylation is 1. The van der Waals surface area contributed by atoms with Crippen LogP contribution in [0.4, 0.5) is 0 Å². The summed E-state index contributed by atoms with van der Waals surface area (Å²) < 4.78 is 1.98. The molecule has 2 fully saturated rings. The van der Waals surface area contributed by atoms with Crippen molar-refractivity contribution in [2.45, 2.75) is 49.9 Å². The van der Waals surface area contributed by atoms with E-state index in [1.807, 2.05) is 47.8 Å². The van der Waals surface area contributed by atoms with E-state index in [0.29, 0.717) is 12.1 Å². The molecule has 2 aliphatic rings. The predicted molar refractivity (Wildman–Crippen MR) is 95.7 cm³/mol. The first-order chi connectivity index (χ1) is 11.2. The molecule has 6 heteroatoms. The zero-order valence-corrected chi connectivity index (χ0v) is 15.1. The highest BCUT2D eigenvalue weighted by atomic mass is 32.2. The fourth-order valence-electron chi connectivity index (χ4n) is 3.92. The normalized spacial score (nSPS) is 26.7. The fraction of sp³-hybridized carbons (Fsp3) is 0.529. The molecular formula is C17H21N3OS2. The summed E-state index contributed by atoms with van der Waals surface area (Å²) in [5.41, 5.74) is 0.857. The van der Waals surface area contributed by atoms with Gasteiger partial charge < -0.3 is 9.47 Å². The Hall–Kier alpha value is -1.27. The molecule has 4 nitrogen and oxygen atoms in total. The van der Waals surface area contributed by atoms with E-state index in [1.165, 1.54) is 11.3 Å². The number of nitrogens with zero attached hydrogens (tertiary/aromatic N) is 3. The van der Waals surface area contributed by atoms with E-state index in [-0.39, 0.29) is 5.91 Å². The van der Waals surface area contributed by atoms with Crippen LogP contribution in [-0.4, -0.2) is 43.9 Å². The van der Waals surface area contributed by atoms with E-state index in [1.54, 1.807) is 0 Å². The monoisotopic (exact) mass is 347 g/mol. The van der Waals surface area contributed by atoms with Crippen molar-refractivity contribution in [3.63, 3.8) is 0 Å². The van der Waals surface area contributed by atoms with Crippen LogP contribution in [0.15, 0.2) is 24.5 Å². The van der Waals surface area contributed by atoms with Crippen LogP contribution >= 0.6 is 23.1 Å². The number of carbonyl (C=O) groups excluding carboxylic acids is 1. The van der Waals surface area contributed by atoms with E-state index in [4.69, 9.17) is 0 Å². The summed E-state index contributed by atoms with van der Waals surface area (Å²) in [7, 11) is 0. The number of rotatable bonds is 3. The van der Waals surface area contributed by atoms with Crippen LogP contribution in [0.25, 0.3) is 5.13 Å². The van der Waals surface area contributed by atoms with Gasteiger partial charge in [0.15, 0.2) is 5.13 Å². The molecule has 0 saturated carbocycles. The molecule has 4 heterocycles. The highest BCUT2D eigenvalue weighted by Crippen LogP contribution is 2.41. The molecule has 1 unspecified atom stereocenters. The van der Waals surface area contributed by atoms with Crippen LogP contribution in [0.1, 0.15) is 41.0 Å². The lowest BCUT2D eigenvalue weighted by Crippen LogP contribution is -2.47. The number of hydrogen-bond donors (Lipinski definition) is 0. The Kier molecular flexibility index (Phi) is 3.97. The Labute approximate surface area is 144 Å². The summed E-state index contributed by atoms with van der Waals surface area (Å²) in [5.74, 6) is 0.199. The molecule has 1 amide bonds. The summed E-state index contributed by atoms with van der Waals surface area (Å²) in [6.07, 6.45) is 10.8. The lowest BCUT2D eigenvalue weighted by atomic mass is 10.0. The van der Waals surface area contributed by atoms with Crippen molar-refractivity contribution in [1.29, 1.82) is 0 Å². The van der Waals surface area contributed by atoms with E-state index < -0.39 is 0 Å². The van der Waals surface area contributed by atoms with Crippen molar-refractivity contribution >= 4 is 29.0 Å². The molecule has 2 saturated heterocycles. The largest absolute Gasteiger partial charge is 0.332 e. The van der Waals surface area contributed by atoms with Crippen LogP contribution in [0, 0.1) is 6.92 Å². The van der Waals surface area contributed by atoms with Crippen molar-refractivity contribution in [1.82, 2.24) is 14.5 Å². The van der Waals surface area contributed by atoms with E-state index >= 15 is 0 Å². The lowest BCUT2D eigenvalue weighted by molar-refractivity contribution is 0.0606. The minimum Gasteiger partial charge on any atom is -0.332 e. The minimum atomic E-state index is 0.199. The molecule has 0 aliphatic carbocycles. The standard InChI is InChI=1S/C17H21N3OS2/c1-11-15(23-17(18-11)19-7-3-4-8-19)16(21)20-12-5-6-13(20)10-14(9-12)22-2/h3-4,7-8,12-14H,5-6,9-10H2,1-2H3/t12-,13+,14?. The van der Waals surface area contributed by atoms with Gasteiger partial charge >= 0.3 is 0 Å². The Bertz CT molecular complexity index is 696. The van der Waals surface area contributed by atoms with Crippen molar-refractivity contribution in [3.05, 3.63) is 35.1 Å². The maximum Gasteiger partial charge on any atom is 0.266 e. The van der Waals surface area contributed by atoms with Gasteiger partial charge in [0, 0.05) is 29.7 Å². The van der Waals surface area contributed by atoms with Crippen molar-refractivity contribution < 1.29 is 4.79 Å². The van der Waals surface area contributed by atoms with Crippen LogP contribution in [-0.2, 0) is 0 Å². The van der Waals surface area contributed by atoms with Crippen LogP contribution < -0.4 is 0 Å². The highest BCUT2D eigenvalue weighted by molar-refractivity contribution is 7.99. The maximum absolute atomic E-state index is 13.1. The molecule has 2 aromatic heterocycles. The van der Waals surface area contributed by atoms with Gasteiger partial charge in [-0.05, 0) is 51.0 Å². The summed E-state index contributed by atoms with van der Waals surface area (Å²) >= 11 is 3.47. The average Bonchev–Trinajstić information content (AvgIpc) is 3.25. The second-order valence-corrected chi connectivity index (χ2v) is 8.54. The maximum atomic E-state index is 13.1. The molecule has 3 atom stereocenters. The first-order valence-corrected chi connectivity index (χ1v) is 10.2. The lowest BCUT2D eigenvalue weighted by Gasteiger charge is -2.38. The highest BCUT2D eigenvalue weighted by Gasteiger charge is 2.43. The number of piperidine rings is 1. The molecule has 0 aromatic carbocycles. The molecular weight excluding hydrogens is 326 g/mol. The number of fused-ring (bicyclic) bond motifs is 2. The zero-order chi connectivity index (χ0) is 16.0. The Morgan fingerprint density at radius 3 is 2.52 bits per heavy atom. The third-order valence-corrected chi connectivity index (χ3v) is 7.27. The molecule has 4 rings (SSSR count). The van der Waals surface area contributed by atoms with Crippen LogP contribution in [0.5, 0.6) is 0 Å². The topological polar surface area (TPSA) is 38.1 Å². The first-order valence-electron chi connectivity index (χ1n) is 8.13. The first kappa shape index (κ1) is 15.3. The number of aromatic nitrogens is 2.